The number of nitrogens with zero attached hydrogens (tertiary/aromatic N) is 1. The number of carbonyl (C=O) groups is 1. The Kier molecular flexibility index (Phi) is 7.33. The minimum absolute atomic E-state index is 0.161. The first-order chi connectivity index (χ1) is 14.4. The van der Waals surface area contributed by atoms with Crippen molar-refractivity contribution in [3.05, 3.63) is 48.0 Å². The molecule has 162 valence electrons. The first kappa shape index (κ1) is 22.1. The Morgan fingerprint density at radius 2 is 1.70 bits per heavy atom. The summed E-state index contributed by atoms with van der Waals surface area (Å²) in [6.07, 6.45) is 3.66. The third kappa shape index (κ3) is 5.31. The number of hydrogen-bond acceptors (Lipinski definition) is 5. The van der Waals surface area contributed by atoms with Gasteiger partial charge in [0.05, 0.1) is 24.8 Å². The lowest BCUT2D eigenvalue weighted by molar-refractivity contribution is -0.116. The van der Waals surface area contributed by atoms with E-state index in [9.17, 15) is 13.2 Å². The van der Waals surface area contributed by atoms with Gasteiger partial charge in [-0.3, -0.25) is 4.79 Å². The van der Waals surface area contributed by atoms with Crippen LogP contribution < -0.4 is 14.8 Å². The highest BCUT2D eigenvalue weighted by molar-refractivity contribution is 7.89. The van der Waals surface area contributed by atoms with Crippen LogP contribution in [0.1, 0.15) is 31.2 Å². The Hall–Kier alpha value is -2.58. The molecule has 0 saturated carbocycles. The van der Waals surface area contributed by atoms with E-state index in [1.54, 1.807) is 53.9 Å². The molecule has 0 unspecified atom stereocenters. The van der Waals surface area contributed by atoms with E-state index in [1.165, 1.54) is 7.11 Å². The quantitative estimate of drug-likeness (QED) is 0.691. The Labute approximate surface area is 178 Å². The van der Waals surface area contributed by atoms with Gasteiger partial charge in [-0.05, 0) is 49.1 Å². The summed E-state index contributed by atoms with van der Waals surface area (Å²) in [6.45, 7) is 1.16. The van der Waals surface area contributed by atoms with Crippen molar-refractivity contribution in [3.63, 3.8) is 0 Å². The molecule has 2 aromatic rings. The highest BCUT2D eigenvalue weighted by Gasteiger charge is 2.25. The lowest BCUT2D eigenvalue weighted by Gasteiger charge is -2.25. The molecular weight excluding hydrogens is 404 g/mol. The molecule has 0 atom stereocenters. The molecule has 1 N–H and O–H groups in total. The Balaban J connectivity index is 1.59. The van der Waals surface area contributed by atoms with Gasteiger partial charge in [-0.2, -0.15) is 4.31 Å². The fourth-order valence-electron chi connectivity index (χ4n) is 3.46. The van der Waals surface area contributed by atoms with Gasteiger partial charge in [-0.25, -0.2) is 8.42 Å². The largest absolute Gasteiger partial charge is 0.497 e. The van der Waals surface area contributed by atoms with Gasteiger partial charge in [0.2, 0.25) is 15.9 Å². The first-order valence-corrected chi connectivity index (χ1v) is 11.5. The molecule has 0 aliphatic carbocycles. The zero-order valence-electron chi connectivity index (χ0n) is 17.4. The molecule has 1 aliphatic heterocycles. The van der Waals surface area contributed by atoms with Crippen molar-refractivity contribution < 1.29 is 22.7 Å². The van der Waals surface area contributed by atoms with Crippen molar-refractivity contribution in [1.82, 2.24) is 4.31 Å². The summed E-state index contributed by atoms with van der Waals surface area (Å²) in [7, 11) is -0.340. The van der Waals surface area contributed by atoms with Crippen molar-refractivity contribution in [2.24, 2.45) is 0 Å². The second-order valence-electron chi connectivity index (χ2n) is 7.22. The number of sulfonamides is 1. The molecule has 0 aromatic heterocycles. The molecular formula is C22H28N2O5S. The standard InChI is InChI=1S/C22H28N2O5S/c1-28-18-9-12-21(29-2)20(16-18)23-22(25)13-8-17-6-10-19(11-7-17)30(26,27)24-14-4-3-5-15-24/h6-7,9-12,16H,3-5,8,13-15H2,1-2H3,(H,23,25). The minimum Gasteiger partial charge on any atom is -0.497 e. The molecule has 30 heavy (non-hydrogen) atoms. The van der Waals surface area contributed by atoms with Crippen LogP contribution in [0.25, 0.3) is 0 Å². The van der Waals surface area contributed by atoms with E-state index in [4.69, 9.17) is 9.47 Å². The summed E-state index contributed by atoms with van der Waals surface area (Å²) < 4.78 is 37.5. The van der Waals surface area contributed by atoms with Crippen molar-refractivity contribution in [3.8, 4) is 11.5 Å². The van der Waals surface area contributed by atoms with Crippen LogP contribution in [-0.4, -0.2) is 45.9 Å². The lowest BCUT2D eigenvalue weighted by atomic mass is 10.1. The van der Waals surface area contributed by atoms with E-state index >= 15 is 0 Å². The zero-order valence-corrected chi connectivity index (χ0v) is 18.2. The number of hydrogen-bond donors (Lipinski definition) is 1. The maximum atomic E-state index is 12.7. The predicted octanol–water partition coefficient (Wildman–Crippen LogP) is 3.45. The Bertz CT molecular complexity index is 968. The second-order valence-corrected chi connectivity index (χ2v) is 9.16. The number of carbonyl (C=O) groups excluding carboxylic acids is 1. The van der Waals surface area contributed by atoms with Crippen LogP contribution in [0.5, 0.6) is 11.5 Å². The lowest BCUT2D eigenvalue weighted by Crippen LogP contribution is -2.35. The maximum absolute atomic E-state index is 12.7. The van der Waals surface area contributed by atoms with Crippen LogP contribution in [0.2, 0.25) is 0 Å². The monoisotopic (exact) mass is 432 g/mol. The molecule has 1 heterocycles. The summed E-state index contributed by atoms with van der Waals surface area (Å²) in [5.41, 5.74) is 1.45. The van der Waals surface area contributed by atoms with Crippen molar-refractivity contribution in [2.75, 3.05) is 32.6 Å². The smallest absolute Gasteiger partial charge is 0.243 e. The van der Waals surface area contributed by atoms with Crippen LogP contribution in [0.15, 0.2) is 47.4 Å². The van der Waals surface area contributed by atoms with Crippen molar-refractivity contribution in [2.45, 2.75) is 37.0 Å². The molecule has 8 heteroatoms. The summed E-state index contributed by atoms with van der Waals surface area (Å²) in [5.74, 6) is 1.01. The molecule has 0 bridgehead atoms. The fourth-order valence-corrected chi connectivity index (χ4v) is 4.98. The average molecular weight is 433 g/mol. The van der Waals surface area contributed by atoms with Gasteiger partial charge >= 0.3 is 0 Å². The van der Waals surface area contributed by atoms with E-state index in [0.29, 0.717) is 41.6 Å². The van der Waals surface area contributed by atoms with Crippen LogP contribution >= 0.6 is 0 Å². The third-order valence-electron chi connectivity index (χ3n) is 5.20. The highest BCUT2D eigenvalue weighted by Crippen LogP contribution is 2.29. The number of benzene rings is 2. The van der Waals surface area contributed by atoms with E-state index in [1.807, 2.05) is 0 Å². The average Bonchev–Trinajstić information content (AvgIpc) is 2.78. The predicted molar refractivity (Wildman–Crippen MR) is 116 cm³/mol. The number of anilines is 1. The third-order valence-corrected chi connectivity index (χ3v) is 7.11. The van der Waals surface area contributed by atoms with Gasteiger partial charge in [0.15, 0.2) is 0 Å². The molecule has 7 nitrogen and oxygen atoms in total. The molecule has 3 rings (SSSR count). The van der Waals surface area contributed by atoms with Crippen LogP contribution in [0.3, 0.4) is 0 Å². The summed E-state index contributed by atoms with van der Waals surface area (Å²) in [4.78, 5) is 12.7. The van der Waals surface area contributed by atoms with Crippen LogP contribution in [-0.2, 0) is 21.2 Å². The van der Waals surface area contributed by atoms with Crippen molar-refractivity contribution in [1.29, 1.82) is 0 Å². The molecule has 1 saturated heterocycles. The second kappa shape index (κ2) is 9.95. The van der Waals surface area contributed by atoms with Crippen molar-refractivity contribution >= 4 is 21.6 Å². The number of rotatable bonds is 8. The highest BCUT2D eigenvalue weighted by atomic mass is 32.2. The van der Waals surface area contributed by atoms with Gasteiger partial charge in [0, 0.05) is 25.6 Å². The number of amides is 1. The topological polar surface area (TPSA) is 84.9 Å². The van der Waals surface area contributed by atoms with Gasteiger partial charge in [0.1, 0.15) is 11.5 Å². The van der Waals surface area contributed by atoms with E-state index in [2.05, 4.69) is 5.32 Å². The SMILES string of the molecule is COc1ccc(OC)c(NC(=O)CCc2ccc(S(=O)(=O)N3CCCCC3)cc2)c1. The number of methoxy groups -OCH3 is 2. The molecule has 2 aromatic carbocycles. The molecule has 0 radical (unpaired) electrons. The maximum Gasteiger partial charge on any atom is 0.243 e. The Morgan fingerprint density at radius 3 is 2.33 bits per heavy atom. The summed E-state index contributed by atoms with van der Waals surface area (Å²) in [6, 6.07) is 12.0. The van der Waals surface area contributed by atoms with Gasteiger partial charge in [-0.15, -0.1) is 0 Å². The first-order valence-electron chi connectivity index (χ1n) is 10.0. The van der Waals surface area contributed by atoms with Gasteiger partial charge < -0.3 is 14.8 Å². The number of ether oxygens (including phenoxy) is 2. The summed E-state index contributed by atoms with van der Waals surface area (Å²) >= 11 is 0. The van der Waals surface area contributed by atoms with Crippen LogP contribution in [0, 0.1) is 0 Å². The number of aryl methyl sites for hydroxylation is 1. The number of piperidine rings is 1. The summed E-state index contributed by atoms with van der Waals surface area (Å²) in [5, 5.41) is 2.84. The normalized spacial score (nSPS) is 14.9. The van der Waals surface area contributed by atoms with Crippen LogP contribution in [0.4, 0.5) is 5.69 Å². The Morgan fingerprint density at radius 1 is 1.00 bits per heavy atom. The van der Waals surface area contributed by atoms with E-state index < -0.39 is 10.0 Å². The molecule has 0 spiro atoms. The fraction of sp³-hybridized carbons (Fsp3) is 0.409. The van der Waals surface area contributed by atoms with Gasteiger partial charge in [-0.1, -0.05) is 18.6 Å². The molecule has 1 fully saturated rings. The zero-order chi connectivity index (χ0) is 21.6. The van der Waals surface area contributed by atoms with E-state index in [0.717, 1.165) is 24.8 Å². The molecule has 1 amide bonds. The molecule has 1 aliphatic rings. The van der Waals surface area contributed by atoms with Gasteiger partial charge in [0.25, 0.3) is 0 Å². The minimum atomic E-state index is -3.44. The number of nitrogens with one attached hydrogen (secondary N) is 1. The van der Waals surface area contributed by atoms with E-state index in [-0.39, 0.29) is 12.3 Å².